The molecule has 2 aromatic carbocycles. The number of hydrogen-bond donors (Lipinski definition) is 6. The van der Waals surface area contributed by atoms with Gasteiger partial charge in [-0.15, -0.1) is 0 Å². The molecule has 3 heterocycles. The minimum atomic E-state index is -1.46. The zero-order valence-electron chi connectivity index (χ0n) is 30.1. The quantitative estimate of drug-likeness (QED) is 0.107. The van der Waals surface area contributed by atoms with E-state index in [0.29, 0.717) is 54.5 Å². The zero-order valence-corrected chi connectivity index (χ0v) is 30.1. The highest BCUT2D eigenvalue weighted by molar-refractivity contribution is 5.84. The van der Waals surface area contributed by atoms with Crippen LogP contribution in [-0.2, 0) is 16.1 Å². The number of urea groups is 1. The van der Waals surface area contributed by atoms with Crippen molar-refractivity contribution in [2.75, 3.05) is 31.5 Å². The molecule has 0 spiro atoms. The molecular formula is C38H51N9O5. The van der Waals surface area contributed by atoms with E-state index in [1.807, 2.05) is 36.4 Å². The summed E-state index contributed by atoms with van der Waals surface area (Å²) in [6, 6.07) is 21.0. The summed E-state index contributed by atoms with van der Waals surface area (Å²) in [5.74, 6) is 0.173. The molecule has 1 saturated heterocycles. The molecule has 278 valence electrons. The van der Waals surface area contributed by atoms with E-state index >= 15 is 0 Å². The number of aromatic nitrogens is 4. The van der Waals surface area contributed by atoms with Crippen molar-refractivity contribution < 1.29 is 24.5 Å². The standard InChI is InChI=1S/C38H51N9O5/c1-4-39-36(50)33-31(48)32(49)37(52-33)47-23-43-30-34(41-21-28(25-13-7-5-8-14-25)26-15-9-6-10-16-26)44-29(45-35(30)47)22-42-38(51)40-19-20-46(24(2)3)27-17-11-12-18-27/h5-10,13-16,23-24,27-28,31-33,37,48-49H,4,11-12,17-22H2,1-3H3,(H,39,50)(H2,40,42,51)(H,41,44,45). The molecule has 14 heteroatoms. The predicted octanol–water partition coefficient (Wildman–Crippen LogP) is 3.28. The Kier molecular flexibility index (Phi) is 12.3. The van der Waals surface area contributed by atoms with Crippen molar-refractivity contribution in [2.24, 2.45) is 0 Å². The monoisotopic (exact) mass is 713 g/mol. The first-order valence-electron chi connectivity index (χ1n) is 18.4. The lowest BCUT2D eigenvalue weighted by Gasteiger charge is -2.32. The minimum Gasteiger partial charge on any atom is -0.387 e. The summed E-state index contributed by atoms with van der Waals surface area (Å²) in [7, 11) is 0. The van der Waals surface area contributed by atoms with E-state index in [-0.39, 0.29) is 18.5 Å². The number of imidazole rings is 1. The van der Waals surface area contributed by atoms with Gasteiger partial charge in [-0.05, 0) is 44.7 Å². The van der Waals surface area contributed by atoms with Crippen LogP contribution in [0.25, 0.3) is 11.2 Å². The number of nitrogens with one attached hydrogen (secondary N) is 4. The molecule has 1 aliphatic heterocycles. The molecule has 2 aromatic heterocycles. The number of aliphatic hydroxyl groups excluding tert-OH is 2. The molecule has 6 N–H and O–H groups in total. The molecule has 52 heavy (non-hydrogen) atoms. The lowest BCUT2D eigenvalue weighted by molar-refractivity contribution is -0.137. The smallest absolute Gasteiger partial charge is 0.315 e. The summed E-state index contributed by atoms with van der Waals surface area (Å²) < 4.78 is 7.40. The number of likely N-dealkylation sites (N-methyl/N-ethyl adjacent to an activating group) is 1. The second-order valence-corrected chi connectivity index (χ2v) is 13.8. The molecule has 0 bridgehead atoms. The van der Waals surface area contributed by atoms with Crippen LogP contribution in [0.1, 0.15) is 75.6 Å². The fourth-order valence-corrected chi connectivity index (χ4v) is 7.35. The van der Waals surface area contributed by atoms with Gasteiger partial charge >= 0.3 is 6.03 Å². The van der Waals surface area contributed by atoms with Crippen LogP contribution in [0.5, 0.6) is 0 Å². The van der Waals surface area contributed by atoms with Gasteiger partial charge in [0.2, 0.25) is 0 Å². The summed E-state index contributed by atoms with van der Waals surface area (Å²) in [6.07, 6.45) is 1.03. The average Bonchev–Trinajstić information content (AvgIpc) is 3.90. The number of hydrogen-bond acceptors (Lipinski definition) is 10. The van der Waals surface area contributed by atoms with E-state index in [9.17, 15) is 19.8 Å². The van der Waals surface area contributed by atoms with E-state index in [2.05, 4.69) is 69.3 Å². The Morgan fingerprint density at radius 3 is 2.25 bits per heavy atom. The van der Waals surface area contributed by atoms with Crippen molar-refractivity contribution in [3.63, 3.8) is 0 Å². The highest BCUT2D eigenvalue weighted by Gasteiger charge is 2.47. The number of carbonyl (C=O) groups excluding carboxylic acids is 2. The van der Waals surface area contributed by atoms with Crippen LogP contribution in [0.2, 0.25) is 0 Å². The van der Waals surface area contributed by atoms with Gasteiger partial charge in [0.25, 0.3) is 5.91 Å². The number of ether oxygens (including phenoxy) is 1. The Bertz CT molecular complexity index is 1730. The van der Waals surface area contributed by atoms with Crippen molar-refractivity contribution in [3.05, 3.63) is 83.9 Å². The van der Waals surface area contributed by atoms with E-state index in [1.165, 1.54) is 36.6 Å². The van der Waals surface area contributed by atoms with Gasteiger partial charge in [-0.1, -0.05) is 73.5 Å². The lowest BCUT2D eigenvalue weighted by Crippen LogP contribution is -2.45. The summed E-state index contributed by atoms with van der Waals surface area (Å²) in [4.78, 5) is 42.2. The van der Waals surface area contributed by atoms with Gasteiger partial charge in [0.15, 0.2) is 35.1 Å². The number of anilines is 1. The van der Waals surface area contributed by atoms with Gasteiger partial charge in [0.05, 0.1) is 12.9 Å². The SMILES string of the molecule is CCNC(=O)C1OC(n2cnc3c(NCC(c4ccccc4)c4ccccc4)nc(CNC(=O)NCCN(C(C)C)C4CCCC4)nc32)C(O)C1O. The van der Waals surface area contributed by atoms with Gasteiger partial charge in [-0.3, -0.25) is 14.3 Å². The maximum Gasteiger partial charge on any atom is 0.315 e. The molecule has 6 rings (SSSR count). The van der Waals surface area contributed by atoms with E-state index < -0.39 is 30.4 Å². The van der Waals surface area contributed by atoms with Crippen LogP contribution in [0.3, 0.4) is 0 Å². The van der Waals surface area contributed by atoms with Crippen LogP contribution in [0, 0.1) is 0 Å². The van der Waals surface area contributed by atoms with Gasteiger partial charge in [-0.25, -0.2) is 19.7 Å². The molecule has 14 nitrogen and oxygen atoms in total. The summed E-state index contributed by atoms with van der Waals surface area (Å²) in [6.45, 7) is 8.24. The molecule has 4 unspecified atom stereocenters. The molecule has 3 amide bonds. The molecule has 2 aliphatic rings. The molecule has 4 aromatic rings. The Morgan fingerprint density at radius 2 is 1.62 bits per heavy atom. The Balaban J connectivity index is 1.24. The maximum absolute atomic E-state index is 13.0. The van der Waals surface area contributed by atoms with Crippen molar-refractivity contribution in [1.82, 2.24) is 40.4 Å². The summed E-state index contributed by atoms with van der Waals surface area (Å²) in [5.41, 5.74) is 2.95. The zero-order chi connectivity index (χ0) is 36.6. The number of nitrogens with zero attached hydrogens (tertiary/aromatic N) is 5. The number of carbonyl (C=O) groups is 2. The van der Waals surface area contributed by atoms with Crippen LogP contribution in [0.4, 0.5) is 10.6 Å². The normalized spacial score (nSPS) is 20.6. The molecular weight excluding hydrogens is 662 g/mol. The largest absolute Gasteiger partial charge is 0.387 e. The third-order valence-corrected chi connectivity index (χ3v) is 9.99. The summed E-state index contributed by atoms with van der Waals surface area (Å²) >= 11 is 0. The first-order chi connectivity index (χ1) is 25.2. The first-order valence-corrected chi connectivity index (χ1v) is 18.4. The second-order valence-electron chi connectivity index (χ2n) is 13.8. The molecule has 2 fully saturated rings. The van der Waals surface area contributed by atoms with E-state index in [0.717, 1.165) is 17.7 Å². The third-order valence-electron chi connectivity index (χ3n) is 9.99. The lowest BCUT2D eigenvalue weighted by atomic mass is 9.91. The van der Waals surface area contributed by atoms with E-state index in [4.69, 9.17) is 14.7 Å². The second kappa shape index (κ2) is 17.3. The van der Waals surface area contributed by atoms with Crippen molar-refractivity contribution in [2.45, 2.75) is 95.5 Å². The van der Waals surface area contributed by atoms with Crippen molar-refractivity contribution >= 4 is 28.9 Å². The number of aliphatic hydroxyl groups is 2. The summed E-state index contributed by atoms with van der Waals surface area (Å²) in [5, 5.41) is 33.7. The highest BCUT2D eigenvalue weighted by atomic mass is 16.6. The van der Waals surface area contributed by atoms with Crippen LogP contribution in [-0.4, -0.2) is 103 Å². The fraction of sp³-hybridized carbons (Fsp3) is 0.500. The topological polar surface area (TPSA) is 179 Å². The third kappa shape index (κ3) is 8.52. The van der Waals surface area contributed by atoms with Crippen LogP contribution >= 0.6 is 0 Å². The van der Waals surface area contributed by atoms with Gasteiger partial charge in [0, 0.05) is 44.2 Å². The molecule has 0 radical (unpaired) electrons. The van der Waals surface area contributed by atoms with Crippen LogP contribution in [0.15, 0.2) is 67.0 Å². The molecule has 4 atom stereocenters. The molecule has 1 aliphatic carbocycles. The van der Waals surface area contributed by atoms with Gasteiger partial charge in [-0.2, -0.15) is 0 Å². The number of benzene rings is 2. The average molecular weight is 714 g/mol. The Hall–Kier alpha value is -4.63. The van der Waals surface area contributed by atoms with Gasteiger partial charge < -0.3 is 36.2 Å². The molecule has 1 saturated carbocycles. The predicted molar refractivity (Wildman–Crippen MR) is 197 cm³/mol. The Morgan fingerprint density at radius 1 is 0.942 bits per heavy atom. The minimum absolute atomic E-state index is 0.0111. The highest BCUT2D eigenvalue weighted by Crippen LogP contribution is 2.33. The number of amides is 3. The maximum atomic E-state index is 13.0. The fourth-order valence-electron chi connectivity index (χ4n) is 7.35. The Labute approximate surface area is 304 Å². The number of rotatable bonds is 15. The van der Waals surface area contributed by atoms with E-state index in [1.54, 1.807) is 6.92 Å². The first kappa shape index (κ1) is 37.1. The van der Waals surface area contributed by atoms with Crippen molar-refractivity contribution in [3.8, 4) is 0 Å². The van der Waals surface area contributed by atoms with Crippen LogP contribution < -0.4 is 21.3 Å². The van der Waals surface area contributed by atoms with Crippen molar-refractivity contribution in [1.29, 1.82) is 0 Å². The van der Waals surface area contributed by atoms with Gasteiger partial charge in [0.1, 0.15) is 12.2 Å². The number of fused-ring (bicyclic) bond motifs is 1.